The zero-order valence-corrected chi connectivity index (χ0v) is 21.7. The van der Waals surface area contributed by atoms with E-state index in [0.717, 1.165) is 40.2 Å². The van der Waals surface area contributed by atoms with Crippen LogP contribution >= 0.6 is 34.5 Å². The minimum atomic E-state index is 0.557. The number of halogens is 2. The smallest absolute Gasteiger partial charge is 0.239 e. The number of morpholine rings is 1. The Kier molecular flexibility index (Phi) is 6.69. The maximum atomic E-state index is 6.24. The van der Waals surface area contributed by atoms with Gasteiger partial charge in [0.25, 0.3) is 0 Å². The molecule has 36 heavy (non-hydrogen) atoms. The van der Waals surface area contributed by atoms with E-state index >= 15 is 0 Å². The normalized spacial score (nSPS) is 14.1. The highest BCUT2D eigenvalue weighted by molar-refractivity contribution is 7.17. The second-order valence-corrected chi connectivity index (χ2v) is 10.4. The summed E-state index contributed by atoms with van der Waals surface area (Å²) < 4.78 is 8.86. The maximum Gasteiger partial charge on any atom is 0.239 e. The van der Waals surface area contributed by atoms with Crippen molar-refractivity contribution in [2.24, 2.45) is 0 Å². The number of benzene rings is 2. The summed E-state index contributed by atoms with van der Waals surface area (Å²) in [7, 11) is 0. The molecular formula is C26H24Cl2N6OS. The topological polar surface area (TPSA) is 67.2 Å². The van der Waals surface area contributed by atoms with E-state index in [2.05, 4.69) is 56.2 Å². The fraction of sp³-hybridized carbons (Fsp3) is 0.231. The second kappa shape index (κ2) is 10.2. The molecule has 1 fully saturated rings. The molecule has 0 radical (unpaired) electrons. The first kappa shape index (κ1) is 23.5. The third-order valence-electron chi connectivity index (χ3n) is 6.28. The van der Waals surface area contributed by atoms with Crippen molar-refractivity contribution in [1.82, 2.24) is 20.0 Å². The first-order valence-electron chi connectivity index (χ1n) is 11.7. The third kappa shape index (κ3) is 4.75. The largest absolute Gasteiger partial charge is 0.378 e. The fourth-order valence-corrected chi connectivity index (χ4v) is 5.71. The van der Waals surface area contributed by atoms with Gasteiger partial charge >= 0.3 is 0 Å². The molecule has 1 saturated heterocycles. The summed E-state index contributed by atoms with van der Waals surface area (Å²) in [5, 5.41) is 4.38. The molecule has 1 aliphatic heterocycles. The van der Waals surface area contributed by atoms with Gasteiger partial charge in [-0.15, -0.1) is 11.3 Å². The van der Waals surface area contributed by atoms with E-state index in [1.165, 1.54) is 10.9 Å². The predicted octanol–water partition coefficient (Wildman–Crippen LogP) is 5.95. The molecule has 0 bridgehead atoms. The lowest BCUT2D eigenvalue weighted by Crippen LogP contribution is -2.37. The Morgan fingerprint density at radius 3 is 2.72 bits per heavy atom. The van der Waals surface area contributed by atoms with E-state index in [1.54, 1.807) is 11.3 Å². The number of para-hydroxylation sites is 1. The van der Waals surface area contributed by atoms with Crippen LogP contribution in [0.25, 0.3) is 21.1 Å². The van der Waals surface area contributed by atoms with Crippen molar-refractivity contribution < 1.29 is 4.74 Å². The van der Waals surface area contributed by atoms with Gasteiger partial charge in [-0.1, -0.05) is 47.5 Å². The monoisotopic (exact) mass is 538 g/mol. The molecule has 2 N–H and O–H groups in total. The summed E-state index contributed by atoms with van der Waals surface area (Å²) in [6.45, 7) is 4.39. The minimum absolute atomic E-state index is 0.557. The highest BCUT2D eigenvalue weighted by Crippen LogP contribution is 2.30. The lowest BCUT2D eigenvalue weighted by molar-refractivity contribution is 0.122. The number of hydrazine groups is 1. The van der Waals surface area contributed by atoms with Gasteiger partial charge in [0.2, 0.25) is 5.95 Å². The number of anilines is 2. The van der Waals surface area contributed by atoms with Crippen LogP contribution < -0.4 is 15.8 Å². The maximum absolute atomic E-state index is 6.24. The van der Waals surface area contributed by atoms with Gasteiger partial charge in [0.1, 0.15) is 0 Å². The Hall–Kier alpha value is -2.88. The summed E-state index contributed by atoms with van der Waals surface area (Å²) >= 11 is 14.0. The van der Waals surface area contributed by atoms with Crippen LogP contribution in [0.4, 0.5) is 11.8 Å². The van der Waals surface area contributed by atoms with Crippen LogP contribution in [0.3, 0.4) is 0 Å². The molecule has 5 aromatic rings. The number of hydrogen-bond acceptors (Lipinski definition) is 7. The summed E-state index contributed by atoms with van der Waals surface area (Å²) in [4.78, 5) is 11.8. The third-order valence-corrected chi connectivity index (χ3v) is 7.92. The van der Waals surface area contributed by atoms with Gasteiger partial charge in [-0.2, -0.15) is 4.98 Å². The first-order valence-corrected chi connectivity index (χ1v) is 13.4. The Bertz CT molecular complexity index is 1530. The summed E-state index contributed by atoms with van der Waals surface area (Å²) in [6, 6.07) is 16.2. The highest BCUT2D eigenvalue weighted by Gasteiger charge is 2.18. The molecule has 10 heteroatoms. The van der Waals surface area contributed by atoms with Gasteiger partial charge in [0, 0.05) is 43.3 Å². The zero-order valence-electron chi connectivity index (χ0n) is 19.4. The molecule has 6 rings (SSSR count). The molecule has 0 atom stereocenters. The molecule has 2 aromatic carbocycles. The molecule has 0 unspecified atom stereocenters. The van der Waals surface area contributed by atoms with Gasteiger partial charge in [-0.05, 0) is 40.8 Å². The summed E-state index contributed by atoms with van der Waals surface area (Å²) in [5.41, 5.74) is 10.9. The molecular weight excluding hydrogens is 515 g/mol. The van der Waals surface area contributed by atoms with Crippen molar-refractivity contribution in [3.63, 3.8) is 0 Å². The van der Waals surface area contributed by atoms with Crippen LogP contribution in [0.2, 0.25) is 10.0 Å². The van der Waals surface area contributed by atoms with Crippen molar-refractivity contribution in [1.29, 1.82) is 0 Å². The molecule has 0 amide bonds. The number of fused-ring (bicyclic) bond motifs is 2. The fourth-order valence-electron chi connectivity index (χ4n) is 4.54. The zero-order chi connectivity index (χ0) is 24.5. The Balaban J connectivity index is 1.21. The molecule has 184 valence electrons. The van der Waals surface area contributed by atoms with Crippen LogP contribution in [0, 0.1) is 0 Å². The lowest BCUT2D eigenvalue weighted by atomic mass is 10.2. The van der Waals surface area contributed by atoms with Gasteiger partial charge < -0.3 is 14.2 Å². The number of nitrogens with one attached hydrogen (secondary N) is 2. The van der Waals surface area contributed by atoms with Gasteiger partial charge in [-0.3, -0.25) is 5.43 Å². The number of thiophene rings is 1. The van der Waals surface area contributed by atoms with Crippen molar-refractivity contribution in [3.05, 3.63) is 81.3 Å². The minimum Gasteiger partial charge on any atom is -0.378 e. The van der Waals surface area contributed by atoms with E-state index in [0.29, 0.717) is 42.3 Å². The Morgan fingerprint density at radius 1 is 1.00 bits per heavy atom. The van der Waals surface area contributed by atoms with Crippen LogP contribution in [-0.4, -0.2) is 40.8 Å². The standard InChI is InChI=1S/C26H24Cl2N6OS/c27-20-6-5-17(13-21(20)28)15-34-16-18(19-3-1-2-4-23(19)34)14-29-32-26-30-22-7-12-36-24(22)25(31-26)33-8-10-35-11-9-33/h1-7,12-13,16,29H,8-11,14-15H2,(H,30,31,32). The molecule has 0 spiro atoms. The number of rotatable bonds is 7. The van der Waals surface area contributed by atoms with Crippen LogP contribution in [0.1, 0.15) is 11.1 Å². The van der Waals surface area contributed by atoms with Crippen LogP contribution in [-0.2, 0) is 17.8 Å². The second-order valence-electron chi connectivity index (χ2n) is 8.63. The molecule has 0 saturated carbocycles. The van der Waals surface area contributed by atoms with E-state index in [1.807, 2.05) is 24.3 Å². The van der Waals surface area contributed by atoms with E-state index in [-0.39, 0.29) is 0 Å². The van der Waals surface area contributed by atoms with Crippen molar-refractivity contribution in [2.75, 3.05) is 36.6 Å². The first-order chi connectivity index (χ1) is 17.7. The number of hydrogen-bond donors (Lipinski definition) is 2. The quantitative estimate of drug-likeness (QED) is 0.249. The van der Waals surface area contributed by atoms with Gasteiger partial charge in [0.15, 0.2) is 5.82 Å². The average molecular weight is 539 g/mol. The molecule has 0 aliphatic carbocycles. The Morgan fingerprint density at radius 2 is 1.86 bits per heavy atom. The molecule has 3 aromatic heterocycles. The summed E-state index contributed by atoms with van der Waals surface area (Å²) in [5.74, 6) is 1.52. The van der Waals surface area contributed by atoms with Gasteiger partial charge in [-0.25, -0.2) is 10.4 Å². The van der Waals surface area contributed by atoms with Crippen LogP contribution in [0.15, 0.2) is 60.1 Å². The average Bonchev–Trinajstić information content (AvgIpc) is 3.51. The number of ether oxygens (including phenoxy) is 1. The number of aromatic nitrogens is 3. The predicted molar refractivity (Wildman–Crippen MR) is 148 cm³/mol. The van der Waals surface area contributed by atoms with E-state index in [9.17, 15) is 0 Å². The van der Waals surface area contributed by atoms with Gasteiger partial charge in [0.05, 0.1) is 33.5 Å². The van der Waals surface area contributed by atoms with Crippen molar-refractivity contribution in [3.8, 4) is 0 Å². The Labute approximate surface area is 222 Å². The SMILES string of the molecule is Clc1ccc(Cn2cc(CNNc3nc(N4CCOCC4)c4sccc4n3)c3ccccc32)cc1Cl. The highest BCUT2D eigenvalue weighted by atomic mass is 35.5. The van der Waals surface area contributed by atoms with E-state index in [4.69, 9.17) is 37.9 Å². The van der Waals surface area contributed by atoms with Crippen molar-refractivity contribution >= 4 is 67.4 Å². The van der Waals surface area contributed by atoms with E-state index < -0.39 is 0 Å². The van der Waals surface area contributed by atoms with Crippen molar-refractivity contribution in [2.45, 2.75) is 13.1 Å². The van der Waals surface area contributed by atoms with Crippen LogP contribution in [0.5, 0.6) is 0 Å². The molecule has 4 heterocycles. The summed E-state index contributed by atoms with van der Waals surface area (Å²) in [6.07, 6.45) is 2.17. The number of nitrogens with zero attached hydrogens (tertiary/aromatic N) is 4. The molecule has 1 aliphatic rings. The lowest BCUT2D eigenvalue weighted by Gasteiger charge is -2.28. The molecule has 7 nitrogen and oxygen atoms in total.